The molecule has 5 nitrogen and oxygen atoms in total. The summed E-state index contributed by atoms with van der Waals surface area (Å²) in [5, 5.41) is 15.7. The topological polar surface area (TPSA) is 71.1 Å². The summed E-state index contributed by atoms with van der Waals surface area (Å²) in [4.78, 5) is 2.19. The van der Waals surface area contributed by atoms with Crippen molar-refractivity contribution in [1.29, 1.82) is 0 Å². The number of ether oxygens (including phenoxy) is 1. The number of benzene rings is 3. The Kier molecular flexibility index (Phi) is 10.9. The van der Waals surface area contributed by atoms with E-state index in [0.717, 1.165) is 5.56 Å². The second kappa shape index (κ2) is 14.1. The van der Waals surface area contributed by atoms with E-state index < -0.39 is 41.6 Å². The van der Waals surface area contributed by atoms with E-state index in [1.165, 1.54) is 0 Å². The van der Waals surface area contributed by atoms with Gasteiger partial charge in [-0.1, -0.05) is 59.6 Å². The van der Waals surface area contributed by atoms with Gasteiger partial charge in [-0.3, -0.25) is 0 Å². The van der Waals surface area contributed by atoms with Crippen LogP contribution in [0.25, 0.3) is 0 Å². The molecule has 44 heavy (non-hydrogen) atoms. The first-order valence-corrected chi connectivity index (χ1v) is 14.5. The lowest BCUT2D eigenvalue weighted by molar-refractivity contribution is -0.143. The summed E-state index contributed by atoms with van der Waals surface area (Å²) in [5.41, 5.74) is -2.16. The Bertz CT molecular complexity index is 1410. The number of hydrogen-bond donors (Lipinski definition) is 2. The molecule has 4 rings (SSSR count). The second-order valence-electron chi connectivity index (χ2n) is 10.8. The summed E-state index contributed by atoms with van der Waals surface area (Å²) < 4.78 is 85.3. The highest BCUT2D eigenvalue weighted by Gasteiger charge is 2.37. The molecule has 0 aliphatic carbocycles. The fraction of sp³-hybridized carbons (Fsp3) is 0.387. The molecular formula is C31H31Cl2F6N3O2. The zero-order valence-electron chi connectivity index (χ0n) is 23.4. The Labute approximate surface area is 261 Å². The first-order valence-electron chi connectivity index (χ1n) is 13.8. The number of aliphatic hydroxyl groups is 1. The van der Waals surface area contributed by atoms with Crippen LogP contribution in [0, 0.1) is 0 Å². The number of halogens is 8. The van der Waals surface area contributed by atoms with E-state index in [1.807, 2.05) is 30.3 Å². The fourth-order valence-corrected chi connectivity index (χ4v) is 5.66. The van der Waals surface area contributed by atoms with Gasteiger partial charge in [-0.2, -0.15) is 31.4 Å². The quantitative estimate of drug-likeness (QED) is 0.0999. The molecule has 1 aliphatic rings. The molecule has 1 unspecified atom stereocenters. The fourth-order valence-electron chi connectivity index (χ4n) is 5.35. The van der Waals surface area contributed by atoms with Crippen LogP contribution < -0.4 is 5.84 Å². The van der Waals surface area contributed by atoms with Crippen molar-refractivity contribution in [2.45, 2.75) is 49.7 Å². The molecule has 0 bridgehead atoms. The molecule has 0 spiro atoms. The number of likely N-dealkylation sites (tertiary alicyclic amines) is 1. The van der Waals surface area contributed by atoms with Crippen LogP contribution in [0.2, 0.25) is 10.0 Å². The third-order valence-electron chi connectivity index (χ3n) is 7.81. The summed E-state index contributed by atoms with van der Waals surface area (Å²) in [6, 6.07) is 15.8. The number of hydrogen-bond acceptors (Lipinski definition) is 5. The maximum absolute atomic E-state index is 13.3. The number of piperidine rings is 1. The van der Waals surface area contributed by atoms with Gasteiger partial charge in [0.15, 0.2) is 0 Å². The van der Waals surface area contributed by atoms with Gasteiger partial charge >= 0.3 is 12.4 Å². The standard InChI is InChI=1S/C31H31Cl2F6N3O2/c32-26-7-6-21(16-27(26)33)25(8-11-42-12-9-29(43,10-13-42)22-4-2-1-3-5-22)28(41-40)19-44-18-20-14-23(30(34,35)36)17-24(15-20)31(37,38)39/h1-7,14-17,25,43H,8-13,18-19,40H2/b41-28+. The van der Waals surface area contributed by atoms with Gasteiger partial charge < -0.3 is 20.6 Å². The minimum absolute atomic E-state index is 0.0673. The maximum atomic E-state index is 13.3. The van der Waals surface area contributed by atoms with Gasteiger partial charge in [-0.25, -0.2) is 0 Å². The Morgan fingerprint density at radius 2 is 1.52 bits per heavy atom. The molecule has 13 heteroatoms. The SMILES string of the molecule is N/N=C(\COCc1cc(C(F)(F)F)cc(C(F)(F)F)c1)C(CCN1CCC(O)(c2ccccc2)CC1)c1ccc(Cl)c(Cl)c1. The van der Waals surface area contributed by atoms with E-state index in [2.05, 4.69) is 10.0 Å². The molecule has 0 saturated carbocycles. The molecule has 1 atom stereocenters. The summed E-state index contributed by atoms with van der Waals surface area (Å²) in [5.74, 6) is 5.29. The largest absolute Gasteiger partial charge is 0.416 e. The minimum atomic E-state index is -4.97. The number of nitrogens with zero attached hydrogens (tertiary/aromatic N) is 2. The van der Waals surface area contributed by atoms with Gasteiger partial charge in [-0.15, -0.1) is 0 Å². The van der Waals surface area contributed by atoms with Crippen LogP contribution in [0.4, 0.5) is 26.3 Å². The first-order chi connectivity index (χ1) is 20.7. The van der Waals surface area contributed by atoms with Gasteiger partial charge in [0.05, 0.1) is 45.7 Å². The second-order valence-corrected chi connectivity index (χ2v) is 11.6. The lowest BCUT2D eigenvalue weighted by Crippen LogP contribution is -2.43. The highest BCUT2D eigenvalue weighted by Crippen LogP contribution is 2.37. The molecule has 1 fully saturated rings. The molecule has 0 radical (unpaired) electrons. The van der Waals surface area contributed by atoms with Crippen molar-refractivity contribution >= 4 is 28.9 Å². The van der Waals surface area contributed by atoms with E-state index in [1.54, 1.807) is 18.2 Å². The average Bonchev–Trinajstić information content (AvgIpc) is 2.98. The van der Waals surface area contributed by atoms with Crippen LogP contribution in [0.15, 0.2) is 71.8 Å². The predicted octanol–water partition coefficient (Wildman–Crippen LogP) is 8.02. The van der Waals surface area contributed by atoms with Gasteiger partial charge in [0, 0.05) is 19.0 Å². The zero-order chi connectivity index (χ0) is 32.1. The van der Waals surface area contributed by atoms with Gasteiger partial charge in [0.1, 0.15) is 0 Å². The molecule has 1 saturated heterocycles. The van der Waals surface area contributed by atoms with Crippen LogP contribution in [0.5, 0.6) is 0 Å². The Morgan fingerprint density at radius 3 is 2.07 bits per heavy atom. The Morgan fingerprint density at radius 1 is 0.909 bits per heavy atom. The van der Waals surface area contributed by atoms with E-state index in [4.69, 9.17) is 33.8 Å². The van der Waals surface area contributed by atoms with Gasteiger partial charge in [0.25, 0.3) is 0 Å². The van der Waals surface area contributed by atoms with Gasteiger partial charge in [0.2, 0.25) is 0 Å². The third kappa shape index (κ3) is 8.66. The summed E-state index contributed by atoms with van der Waals surface area (Å²) in [6.45, 7) is 1.04. The molecule has 238 valence electrons. The Hall–Kier alpha value is -2.83. The zero-order valence-corrected chi connectivity index (χ0v) is 24.9. The minimum Gasteiger partial charge on any atom is -0.385 e. The molecule has 0 aromatic heterocycles. The third-order valence-corrected chi connectivity index (χ3v) is 8.55. The van der Waals surface area contributed by atoms with Crippen LogP contribution in [-0.4, -0.2) is 42.0 Å². The highest BCUT2D eigenvalue weighted by atomic mass is 35.5. The molecule has 3 N–H and O–H groups in total. The van der Waals surface area contributed by atoms with E-state index in [-0.39, 0.29) is 18.2 Å². The number of nitrogens with two attached hydrogens (primary N) is 1. The van der Waals surface area contributed by atoms with Crippen molar-refractivity contribution in [3.8, 4) is 0 Å². The summed E-state index contributed by atoms with van der Waals surface area (Å²) >= 11 is 12.4. The number of rotatable bonds is 10. The smallest absolute Gasteiger partial charge is 0.385 e. The predicted molar refractivity (Wildman–Crippen MR) is 158 cm³/mol. The van der Waals surface area contributed by atoms with E-state index in [9.17, 15) is 31.4 Å². The van der Waals surface area contributed by atoms with Crippen LogP contribution >= 0.6 is 23.2 Å². The lowest BCUT2D eigenvalue weighted by atomic mass is 9.84. The van der Waals surface area contributed by atoms with Gasteiger partial charge in [-0.05, 0) is 72.8 Å². The van der Waals surface area contributed by atoms with Crippen molar-refractivity contribution in [1.82, 2.24) is 4.90 Å². The maximum Gasteiger partial charge on any atom is 0.416 e. The van der Waals surface area contributed by atoms with Crippen molar-refractivity contribution in [2.24, 2.45) is 10.9 Å². The van der Waals surface area contributed by atoms with Crippen LogP contribution in [0.1, 0.15) is 53.0 Å². The first kappa shape index (κ1) is 34.1. The van der Waals surface area contributed by atoms with Crippen molar-refractivity contribution in [3.05, 3.63) is 105 Å². The van der Waals surface area contributed by atoms with E-state index in [0.29, 0.717) is 72.3 Å². The number of alkyl halides is 6. The lowest BCUT2D eigenvalue weighted by Gasteiger charge is -2.39. The molecular weight excluding hydrogens is 631 g/mol. The summed E-state index contributed by atoms with van der Waals surface area (Å²) in [6.07, 6.45) is -8.38. The van der Waals surface area contributed by atoms with E-state index >= 15 is 0 Å². The molecule has 1 aliphatic heterocycles. The van der Waals surface area contributed by atoms with Crippen molar-refractivity contribution < 1.29 is 36.2 Å². The van der Waals surface area contributed by atoms with Crippen LogP contribution in [0.3, 0.4) is 0 Å². The highest BCUT2D eigenvalue weighted by molar-refractivity contribution is 6.42. The number of hydrazone groups is 1. The van der Waals surface area contributed by atoms with Crippen molar-refractivity contribution in [3.63, 3.8) is 0 Å². The molecule has 3 aromatic rings. The molecule has 3 aromatic carbocycles. The molecule has 1 heterocycles. The Balaban J connectivity index is 1.47. The van der Waals surface area contributed by atoms with Crippen molar-refractivity contribution in [2.75, 3.05) is 26.2 Å². The normalized spacial score (nSPS) is 17.1. The summed E-state index contributed by atoms with van der Waals surface area (Å²) in [7, 11) is 0. The average molecular weight is 663 g/mol. The monoisotopic (exact) mass is 661 g/mol. The molecule has 0 amide bonds. The van der Waals surface area contributed by atoms with Crippen LogP contribution in [-0.2, 0) is 29.3 Å².